The normalized spacial score (nSPS) is 21.4. The van der Waals surface area contributed by atoms with Crippen LogP contribution in [0.1, 0.15) is 100 Å². The van der Waals surface area contributed by atoms with Crippen molar-refractivity contribution in [3.8, 4) is 5.88 Å². The second kappa shape index (κ2) is 17.8. The Morgan fingerprint density at radius 3 is 2.09 bits per heavy atom. The van der Waals surface area contributed by atoms with Gasteiger partial charge in [-0.1, -0.05) is 112 Å². The quantitative estimate of drug-likeness (QED) is 0.132. The number of amides is 1. The number of likely N-dealkylation sites (N-methyl/N-ethyl adjacent to an activating group) is 2. The molecule has 294 valence electrons. The van der Waals surface area contributed by atoms with Crippen molar-refractivity contribution in [3.63, 3.8) is 0 Å². The molecule has 0 spiro atoms. The molecule has 0 saturated heterocycles. The van der Waals surface area contributed by atoms with Crippen molar-refractivity contribution in [2.45, 2.75) is 78.2 Å². The first-order chi connectivity index (χ1) is 27.3. The van der Waals surface area contributed by atoms with E-state index in [1.54, 1.807) is 0 Å². The number of carbonyl (C=O) groups is 1. The van der Waals surface area contributed by atoms with Gasteiger partial charge >= 0.3 is 0 Å². The second-order valence-electron chi connectivity index (χ2n) is 14.9. The van der Waals surface area contributed by atoms with E-state index in [0.29, 0.717) is 36.1 Å². The standard InChI is InChI=1S/C23H29N3O2.C23H27N3O2/c1-4-25(5-2)14-15-26-19-9-7-6-8-18(19)21-20(23(26)27)24-22(28-21)17-12-10-16(3)11-13-17;1-4-26(5-2)14-15-27-23-20-21(18-8-6-7-9-19(18)24-23)28-22(25-20)17-12-10-16(3)11-13-17/h6-12,17-19H,4-5,13-15H2,1-3H3;6-12,17H,4-5,13-15H2,1-3H3. The third-order valence-corrected chi connectivity index (χ3v) is 11.4. The molecule has 4 heterocycles. The van der Waals surface area contributed by atoms with E-state index in [1.807, 2.05) is 41.3 Å². The second-order valence-corrected chi connectivity index (χ2v) is 14.9. The summed E-state index contributed by atoms with van der Waals surface area (Å²) in [5.74, 6) is 2.95. The Balaban J connectivity index is 0.000000172. The van der Waals surface area contributed by atoms with E-state index >= 15 is 0 Å². The molecule has 0 radical (unpaired) electrons. The summed E-state index contributed by atoms with van der Waals surface area (Å²) < 4.78 is 18.5. The number of hydrogen-bond donors (Lipinski definition) is 0. The fourth-order valence-electron chi connectivity index (χ4n) is 7.81. The van der Waals surface area contributed by atoms with Crippen molar-refractivity contribution in [2.24, 2.45) is 0 Å². The van der Waals surface area contributed by atoms with Crippen LogP contribution in [-0.4, -0.2) is 94.0 Å². The van der Waals surface area contributed by atoms with E-state index in [2.05, 4.69) is 105 Å². The molecule has 3 aromatic heterocycles. The van der Waals surface area contributed by atoms with Gasteiger partial charge in [-0.25, -0.2) is 15.0 Å². The van der Waals surface area contributed by atoms with Crippen LogP contribution in [0.5, 0.6) is 5.88 Å². The van der Waals surface area contributed by atoms with Crippen LogP contribution in [-0.2, 0) is 0 Å². The third-order valence-electron chi connectivity index (χ3n) is 11.4. The van der Waals surface area contributed by atoms with E-state index in [-0.39, 0.29) is 29.7 Å². The van der Waals surface area contributed by atoms with Gasteiger partial charge < -0.3 is 28.3 Å². The van der Waals surface area contributed by atoms with Gasteiger partial charge in [0.2, 0.25) is 17.7 Å². The van der Waals surface area contributed by atoms with E-state index in [4.69, 9.17) is 23.5 Å². The Kier molecular flexibility index (Phi) is 12.5. The van der Waals surface area contributed by atoms with E-state index < -0.39 is 0 Å². The number of carbonyl (C=O) groups excluding carboxylic acids is 1. The van der Waals surface area contributed by atoms with E-state index in [9.17, 15) is 4.79 Å². The fraction of sp³-hybridized carbons (Fsp3) is 0.435. The van der Waals surface area contributed by atoms with Crippen molar-refractivity contribution in [3.05, 3.63) is 119 Å². The van der Waals surface area contributed by atoms with Crippen molar-refractivity contribution in [1.29, 1.82) is 0 Å². The molecule has 4 atom stereocenters. The molecule has 1 aliphatic heterocycles. The first kappa shape index (κ1) is 39.2. The number of rotatable bonds is 13. The predicted octanol–water partition coefficient (Wildman–Crippen LogP) is 9.13. The average Bonchev–Trinajstić information content (AvgIpc) is 3.89. The summed E-state index contributed by atoms with van der Waals surface area (Å²) in [6.45, 7) is 19.8. The molecule has 1 aromatic carbocycles. The highest BCUT2D eigenvalue weighted by Gasteiger charge is 2.42. The fourth-order valence-corrected chi connectivity index (χ4v) is 7.81. The van der Waals surface area contributed by atoms with Gasteiger partial charge in [-0.15, -0.1) is 0 Å². The van der Waals surface area contributed by atoms with E-state index in [0.717, 1.165) is 80.2 Å². The summed E-state index contributed by atoms with van der Waals surface area (Å²) >= 11 is 0. The minimum atomic E-state index is -0.00938. The number of allylic oxidation sites excluding steroid dienone is 10. The zero-order valence-electron chi connectivity index (χ0n) is 33.8. The predicted molar refractivity (Wildman–Crippen MR) is 223 cm³/mol. The molecule has 3 aliphatic carbocycles. The van der Waals surface area contributed by atoms with Crippen LogP contribution in [0.3, 0.4) is 0 Å². The lowest BCUT2D eigenvalue weighted by Crippen LogP contribution is -2.49. The number of pyridine rings is 1. The molecule has 4 aromatic rings. The molecule has 0 bridgehead atoms. The zero-order chi connectivity index (χ0) is 39.2. The van der Waals surface area contributed by atoms with Gasteiger partial charge in [-0.05, 0) is 65.0 Å². The summed E-state index contributed by atoms with van der Waals surface area (Å²) in [5.41, 5.74) is 5.37. The SMILES string of the molecule is CCN(CC)CCN1C(=O)c2nc(C3C=CC(C)=CC3)oc2C2C=CC=CC21.CCN(CC)CCOc1nc2ccccc2c2oc(C3C=CC(C)=CC3)nc12. The number of benzene rings is 1. The lowest BCUT2D eigenvalue weighted by Gasteiger charge is -2.38. The van der Waals surface area contributed by atoms with Gasteiger partial charge in [0.25, 0.3) is 5.91 Å². The number of fused-ring (bicyclic) bond motifs is 6. The molecule has 0 N–H and O–H groups in total. The highest BCUT2D eigenvalue weighted by atomic mass is 16.5. The van der Waals surface area contributed by atoms with Gasteiger partial charge in [0.1, 0.15) is 12.4 Å². The number of hydrogen-bond acceptors (Lipinski definition) is 9. The van der Waals surface area contributed by atoms with Crippen LogP contribution in [0, 0.1) is 0 Å². The maximum Gasteiger partial charge on any atom is 0.276 e. The van der Waals surface area contributed by atoms with Crippen molar-refractivity contribution in [2.75, 3.05) is 52.4 Å². The molecular formula is C46H56N6O4. The molecule has 56 heavy (non-hydrogen) atoms. The molecule has 8 rings (SSSR count). The zero-order valence-corrected chi connectivity index (χ0v) is 33.8. The van der Waals surface area contributed by atoms with Gasteiger partial charge in [-0.3, -0.25) is 4.79 Å². The summed E-state index contributed by atoms with van der Waals surface area (Å²) in [6.07, 6.45) is 23.0. The van der Waals surface area contributed by atoms with E-state index in [1.165, 1.54) is 11.1 Å². The Hall–Kier alpha value is -5.06. The molecule has 10 nitrogen and oxygen atoms in total. The molecular weight excluding hydrogens is 701 g/mol. The Labute approximate surface area is 331 Å². The topological polar surface area (TPSA) is 101 Å². The van der Waals surface area contributed by atoms with Gasteiger partial charge in [0, 0.05) is 25.0 Å². The molecule has 4 unspecified atom stereocenters. The maximum absolute atomic E-state index is 13.3. The number of para-hydroxylation sites is 1. The molecule has 10 heteroatoms. The van der Waals surface area contributed by atoms with Crippen LogP contribution in [0.4, 0.5) is 0 Å². The average molecular weight is 757 g/mol. The van der Waals surface area contributed by atoms with Crippen molar-refractivity contribution < 1.29 is 18.4 Å². The third kappa shape index (κ3) is 8.37. The number of oxazole rings is 2. The highest BCUT2D eigenvalue weighted by Crippen LogP contribution is 2.40. The largest absolute Gasteiger partial charge is 0.475 e. The summed E-state index contributed by atoms with van der Waals surface area (Å²) in [4.78, 5) is 34.2. The van der Waals surface area contributed by atoms with Gasteiger partial charge in [0.05, 0.1) is 29.3 Å². The van der Waals surface area contributed by atoms with Gasteiger partial charge in [-0.2, -0.15) is 0 Å². The Bertz CT molecular complexity index is 2200. The first-order valence-corrected chi connectivity index (χ1v) is 20.4. The van der Waals surface area contributed by atoms with Crippen LogP contribution in [0.2, 0.25) is 0 Å². The number of aromatic nitrogens is 3. The maximum atomic E-state index is 13.3. The van der Waals surface area contributed by atoms with Crippen molar-refractivity contribution in [1.82, 2.24) is 29.7 Å². The monoisotopic (exact) mass is 756 g/mol. The smallest absolute Gasteiger partial charge is 0.276 e. The first-order valence-electron chi connectivity index (χ1n) is 20.4. The molecule has 1 amide bonds. The molecule has 4 aliphatic rings. The lowest BCUT2D eigenvalue weighted by atomic mass is 9.87. The highest BCUT2D eigenvalue weighted by molar-refractivity contribution is 6.02. The summed E-state index contributed by atoms with van der Waals surface area (Å²) in [5, 5.41) is 0.971. The number of nitrogens with zero attached hydrogens (tertiary/aromatic N) is 6. The molecule has 0 fully saturated rings. The van der Waals surface area contributed by atoms with Crippen LogP contribution in [0.15, 0.2) is 105 Å². The van der Waals surface area contributed by atoms with Gasteiger partial charge in [0.15, 0.2) is 16.8 Å². The molecule has 0 saturated carbocycles. The minimum Gasteiger partial charge on any atom is -0.475 e. The van der Waals surface area contributed by atoms with Crippen LogP contribution < -0.4 is 4.74 Å². The summed E-state index contributed by atoms with van der Waals surface area (Å²) in [6, 6.07) is 8.00. The number of ether oxygens (including phenoxy) is 1. The van der Waals surface area contributed by atoms with Crippen LogP contribution in [0.25, 0.3) is 22.0 Å². The lowest BCUT2D eigenvalue weighted by molar-refractivity contribution is 0.0633. The minimum absolute atomic E-state index is 0.00500. The summed E-state index contributed by atoms with van der Waals surface area (Å²) in [7, 11) is 0. The Morgan fingerprint density at radius 1 is 0.786 bits per heavy atom. The van der Waals surface area contributed by atoms with Crippen LogP contribution >= 0.6 is 0 Å². The van der Waals surface area contributed by atoms with Crippen molar-refractivity contribution >= 4 is 27.9 Å². The Morgan fingerprint density at radius 2 is 1.43 bits per heavy atom.